The molecule has 6 radical (unpaired) electrons. The van der Waals surface area contributed by atoms with Crippen molar-refractivity contribution in [2.24, 2.45) is 28.2 Å². The summed E-state index contributed by atoms with van der Waals surface area (Å²) in [5, 5.41) is 3.89. The van der Waals surface area contributed by atoms with Gasteiger partial charge in [-0.1, -0.05) is 346 Å². The summed E-state index contributed by atoms with van der Waals surface area (Å²) in [6.45, 7) is 26.7. The van der Waals surface area contributed by atoms with Crippen molar-refractivity contribution in [3.8, 4) is 0 Å². The molecule has 0 saturated carbocycles. The predicted octanol–water partition coefficient (Wildman–Crippen LogP) is 25.6. The average Bonchev–Trinajstić information content (AvgIpc) is 1.70. The molecule has 0 fully saturated rings. The Balaban J connectivity index is -0.000000136. The predicted molar refractivity (Wildman–Crippen MR) is 443 cm³/mol. The number of aromatic nitrogens is 6. The van der Waals surface area contributed by atoms with E-state index in [0.717, 1.165) is 22.6 Å². The molecule has 6 heterocycles. The van der Waals surface area contributed by atoms with Crippen LogP contribution in [0.3, 0.4) is 0 Å². The summed E-state index contributed by atoms with van der Waals surface area (Å²) in [4.78, 5) is 8.42. The molecule has 6 nitrogen and oxygen atoms in total. The van der Waals surface area contributed by atoms with Crippen LogP contribution in [-0.4, -0.2) is 18.3 Å². The molecule has 6 aromatic heterocycles. The van der Waals surface area contributed by atoms with E-state index >= 15 is 0 Å². The Labute approximate surface area is 737 Å². The number of fused-ring (bicyclic) bond motifs is 3. The molecular weight excluding hydrogens is 1580 g/mol. The fraction of sp³-hybridized carbons (Fsp3) is 0.183. The zero-order valence-corrected chi connectivity index (χ0v) is 78.3. The van der Waals surface area contributed by atoms with E-state index in [0.29, 0.717) is 0 Å². The van der Waals surface area contributed by atoms with Gasteiger partial charge in [-0.3, -0.25) is 0 Å². The number of para-hydroxylation sites is 3. The Kier molecular flexibility index (Phi) is 85.2. The molecule has 0 N–H and O–H groups in total. The van der Waals surface area contributed by atoms with Gasteiger partial charge < -0.3 is 57.9 Å². The normalized spacial score (nSPS) is 8.24. The van der Waals surface area contributed by atoms with Crippen LogP contribution in [0.25, 0.3) is 32.7 Å². The Bertz CT molecular complexity index is 3550. The van der Waals surface area contributed by atoms with Crippen LogP contribution in [0.2, 0.25) is 0 Å². The molecule has 0 amide bonds. The fourth-order valence-corrected chi connectivity index (χ4v) is 8.40. The van der Waals surface area contributed by atoms with Crippen LogP contribution < -0.4 is 9.97 Å². The van der Waals surface area contributed by atoms with E-state index in [1.807, 2.05) is 297 Å². The number of nitrogens with zero attached hydrogens (tertiary/aromatic N) is 6. The van der Waals surface area contributed by atoms with E-state index in [1.54, 1.807) is 0 Å². The van der Waals surface area contributed by atoms with Crippen molar-refractivity contribution in [1.82, 2.24) is 28.2 Å². The maximum atomic E-state index is 4.31. The fourth-order valence-electron chi connectivity index (χ4n) is 8.40. The van der Waals surface area contributed by atoms with Crippen LogP contribution >= 0.6 is 0 Å². The summed E-state index contributed by atoms with van der Waals surface area (Å²) in [7, 11) is 8.34. The summed E-state index contributed by atoms with van der Waals surface area (Å²) in [6.07, 6.45) is 0. The summed E-state index contributed by atoms with van der Waals surface area (Å²) >= 11 is 0. The minimum atomic E-state index is 0. The monoisotopic (exact) mass is 1700 g/mol. The maximum Gasteiger partial charge on any atom is 0.0479 e. The first-order chi connectivity index (χ1) is 46.2. The summed E-state index contributed by atoms with van der Waals surface area (Å²) < 4.78 is 8.74. The molecule has 0 saturated heterocycles. The van der Waals surface area contributed by atoms with E-state index in [9.17, 15) is 0 Å². The number of aryl methyl sites for hydroxylation is 11. The van der Waals surface area contributed by atoms with Crippen molar-refractivity contribution in [2.75, 3.05) is 0 Å². The minimum Gasteiger partial charge on any atom is -0.665 e. The van der Waals surface area contributed by atoms with Gasteiger partial charge in [0.05, 0.1) is 0 Å². The molecule has 105 heavy (non-hydrogen) atoms. The van der Waals surface area contributed by atoms with Crippen LogP contribution in [0.5, 0.6) is 0 Å². The topological polar surface area (TPSA) is 47.9 Å². The van der Waals surface area contributed by atoms with Crippen LogP contribution in [0.4, 0.5) is 0 Å². The van der Waals surface area contributed by atoms with Gasteiger partial charge in [-0.15, -0.1) is 5.52 Å². The molecule has 15 aromatic rings. The third-order valence-electron chi connectivity index (χ3n) is 14.1. The maximum absolute atomic E-state index is 4.31. The molecule has 0 aliphatic rings. The van der Waals surface area contributed by atoms with Gasteiger partial charge in [0.1, 0.15) is 0 Å². The van der Waals surface area contributed by atoms with Gasteiger partial charge in [0.15, 0.2) is 0 Å². The van der Waals surface area contributed by atoms with Crippen molar-refractivity contribution in [1.29, 1.82) is 0 Å². The first-order valence-electron chi connectivity index (χ1n) is 32.9. The van der Waals surface area contributed by atoms with Crippen molar-refractivity contribution in [3.63, 3.8) is 0 Å². The Morgan fingerprint density at radius 3 is 0.571 bits per heavy atom. The van der Waals surface area contributed by atoms with Crippen molar-refractivity contribution < 1.29 is 140 Å². The molecule has 0 bridgehead atoms. The molecule has 12 heteroatoms. The molecule has 0 unspecified atom stereocenters. The quantitative estimate of drug-likeness (QED) is 0.142. The van der Waals surface area contributed by atoms with E-state index < -0.39 is 0 Å². The summed E-state index contributed by atoms with van der Waals surface area (Å²) in [5.41, 5.74) is 14.9. The standard InChI is InChI=1S/2C10H11N.C9H8N.2C7H11N.C6H8N.6C6H6.2C2H6.4CH3.4V.2Y/c2*1-8-7-9-5-3-4-6-10(9)11(8)2;1-7-6-8-4-2-3-5-9(8)10-7;2*1-6-4-5-7(2)8(6)3;1-5-3-4-6(2)7-5;6*1-2-4-6-5-3-1;2*1-2;;;;;;;;;;/h2*3-7H,1-2H3;2-6H,1H3;2*4-5H,1-3H3;3-4H,1-2H3;6*1-6H;2*1-2H3;4*1H3;;;;;;/q;;-1;;;-1;;;;;;;;;4*-1;;;;;;. The van der Waals surface area contributed by atoms with Crippen LogP contribution in [0.15, 0.2) is 346 Å². The molecule has 0 atom stereocenters. The molecule has 15 rings (SSSR count). The smallest absolute Gasteiger partial charge is 0.0479 e. The minimum absolute atomic E-state index is 0. The molecule has 9 aromatic carbocycles. The van der Waals surface area contributed by atoms with Crippen molar-refractivity contribution in [3.05, 3.63) is 427 Å². The molecule has 0 aliphatic carbocycles. The van der Waals surface area contributed by atoms with Gasteiger partial charge in [-0.05, 0) is 106 Å². The Hall–Kier alpha value is -6.01. The molecule has 0 aliphatic heterocycles. The van der Waals surface area contributed by atoms with Gasteiger partial charge in [-0.25, -0.2) is 0 Å². The first-order valence-corrected chi connectivity index (χ1v) is 32.9. The number of hydrogen-bond acceptors (Lipinski definition) is 0. The van der Waals surface area contributed by atoms with Crippen molar-refractivity contribution in [2.45, 2.75) is 90.0 Å². The van der Waals surface area contributed by atoms with Gasteiger partial charge >= 0.3 is 0 Å². The van der Waals surface area contributed by atoms with Crippen LogP contribution in [0.1, 0.15) is 78.9 Å². The second kappa shape index (κ2) is 76.2. The number of rotatable bonds is 0. The number of benzene rings is 9. The van der Waals surface area contributed by atoms with Crippen LogP contribution in [-0.2, 0) is 168 Å². The van der Waals surface area contributed by atoms with Gasteiger partial charge in [0, 0.05) is 213 Å². The van der Waals surface area contributed by atoms with Gasteiger partial charge in [-0.2, -0.15) is 17.1 Å². The zero-order valence-electron chi connectivity index (χ0n) is 67.0. The van der Waals surface area contributed by atoms with E-state index in [1.165, 1.54) is 61.4 Å². The molecular formula is C93H120N6V4Y2-6. The van der Waals surface area contributed by atoms with Gasteiger partial charge in [0.25, 0.3) is 0 Å². The number of hydrogen-bond donors (Lipinski definition) is 0. The SMILES string of the molecule is CC.CC.Cc1cc2ccccc2[n-]1.Cc1cc2ccccc2n1C.Cc1cc2ccccc2n1C.Cc1ccc(C)[n-]1.Cc1ccc(C)n1C.Cc1ccc(C)n1C.[CH3-].[CH3-].[CH3-].[CH3-].[V].[V].[V].[V].[Y].[Y].c1ccccc1.c1ccccc1.c1ccccc1.c1ccccc1.c1ccccc1.c1ccccc1. The second-order valence-electron chi connectivity index (χ2n) is 21.3. The Morgan fingerprint density at radius 2 is 0.400 bits per heavy atom. The summed E-state index contributed by atoms with van der Waals surface area (Å²) in [5.74, 6) is 0. The largest absolute Gasteiger partial charge is 0.665 e. The third kappa shape index (κ3) is 53.4. The van der Waals surface area contributed by atoms with E-state index in [2.05, 4.69) is 195 Å². The summed E-state index contributed by atoms with van der Waals surface area (Å²) in [6, 6.07) is 116. The first kappa shape index (κ1) is 117. The molecule has 0 spiro atoms. The van der Waals surface area contributed by atoms with E-state index in [4.69, 9.17) is 0 Å². The Morgan fingerprint density at radius 1 is 0.200 bits per heavy atom. The van der Waals surface area contributed by atoms with Gasteiger partial charge in [0.2, 0.25) is 0 Å². The van der Waals surface area contributed by atoms with Crippen molar-refractivity contribution >= 4 is 32.7 Å². The third-order valence-corrected chi connectivity index (χ3v) is 14.1. The second-order valence-corrected chi connectivity index (χ2v) is 21.3. The van der Waals surface area contributed by atoms with Crippen LogP contribution in [0, 0.1) is 92.0 Å². The zero-order chi connectivity index (χ0) is 69.7. The molecule has 554 valence electrons. The van der Waals surface area contributed by atoms with E-state index in [-0.39, 0.29) is 169 Å². The average molecular weight is 1700 g/mol.